The first-order valence-electron chi connectivity index (χ1n) is 6.88. The number of amides is 1. The molecule has 4 heteroatoms. The Labute approximate surface area is 108 Å². The van der Waals surface area contributed by atoms with Crippen molar-refractivity contribution in [3.05, 3.63) is 24.5 Å². The van der Waals surface area contributed by atoms with Gasteiger partial charge in [-0.05, 0) is 31.4 Å². The largest absolute Gasteiger partial charge is 0.350 e. The third-order valence-electron chi connectivity index (χ3n) is 4.36. The second-order valence-electron chi connectivity index (χ2n) is 5.45. The van der Waals surface area contributed by atoms with Gasteiger partial charge in [0.15, 0.2) is 0 Å². The fourth-order valence-corrected chi connectivity index (χ4v) is 3.30. The van der Waals surface area contributed by atoms with Gasteiger partial charge in [-0.25, -0.2) is 0 Å². The molecule has 1 aromatic rings. The predicted octanol–water partition coefficient (Wildman–Crippen LogP) is 1.70. The van der Waals surface area contributed by atoms with E-state index in [1.807, 2.05) is 11.9 Å². The molecule has 18 heavy (non-hydrogen) atoms. The molecule has 2 aliphatic heterocycles. The molecular weight excluding hydrogens is 226 g/mol. The molecule has 0 spiro atoms. The van der Waals surface area contributed by atoms with Crippen molar-refractivity contribution in [2.24, 2.45) is 0 Å². The third kappa shape index (κ3) is 2.05. The van der Waals surface area contributed by atoms with Crippen LogP contribution in [-0.2, 0) is 4.79 Å². The van der Waals surface area contributed by atoms with Crippen LogP contribution in [0.15, 0.2) is 24.5 Å². The van der Waals surface area contributed by atoms with Crippen LogP contribution in [0.4, 0.5) is 0 Å². The van der Waals surface area contributed by atoms with E-state index in [1.165, 1.54) is 12.8 Å². The highest BCUT2D eigenvalue weighted by Gasteiger charge is 2.34. The predicted molar refractivity (Wildman–Crippen MR) is 70.1 cm³/mol. The zero-order valence-electron chi connectivity index (χ0n) is 11.0. The Morgan fingerprint density at radius 2 is 2.00 bits per heavy atom. The summed E-state index contributed by atoms with van der Waals surface area (Å²) in [6, 6.07) is 4.74. The minimum Gasteiger partial charge on any atom is -0.350 e. The highest BCUT2D eigenvalue weighted by molar-refractivity contribution is 5.78. The monoisotopic (exact) mass is 247 g/mol. The summed E-state index contributed by atoms with van der Waals surface area (Å²) in [7, 11) is 1.94. The van der Waals surface area contributed by atoms with E-state index in [-0.39, 0.29) is 0 Å². The molecule has 0 N–H and O–H groups in total. The van der Waals surface area contributed by atoms with Gasteiger partial charge in [0.1, 0.15) is 0 Å². The van der Waals surface area contributed by atoms with Crippen molar-refractivity contribution in [1.29, 1.82) is 0 Å². The fourth-order valence-electron chi connectivity index (χ4n) is 3.30. The van der Waals surface area contributed by atoms with Gasteiger partial charge in [0.05, 0.1) is 6.17 Å². The molecule has 3 heterocycles. The van der Waals surface area contributed by atoms with Gasteiger partial charge in [-0.1, -0.05) is 0 Å². The zero-order chi connectivity index (χ0) is 12.5. The van der Waals surface area contributed by atoms with E-state index in [2.05, 4.69) is 34.0 Å². The number of likely N-dealkylation sites (tertiary alicyclic amines) is 2. The van der Waals surface area contributed by atoms with Crippen molar-refractivity contribution in [3.8, 4) is 0 Å². The maximum atomic E-state index is 11.6. The SMILES string of the molecule is CN1C(=O)CCC1N1CCCC(n2cccc2)C1. The smallest absolute Gasteiger partial charge is 0.223 e. The standard InChI is InChI=1S/C14H21N3O/c1-15-13(6-7-14(15)18)17-10-4-5-12(11-17)16-8-2-3-9-16/h2-3,8-9,12-13H,4-7,10-11H2,1H3. The molecule has 1 aromatic heterocycles. The summed E-state index contributed by atoms with van der Waals surface area (Å²) in [6.45, 7) is 2.19. The lowest BCUT2D eigenvalue weighted by molar-refractivity contribution is -0.130. The van der Waals surface area contributed by atoms with Crippen LogP contribution in [0.3, 0.4) is 0 Å². The van der Waals surface area contributed by atoms with Gasteiger partial charge in [-0.15, -0.1) is 0 Å². The number of carbonyl (C=O) groups excluding carboxylic acids is 1. The van der Waals surface area contributed by atoms with E-state index in [0.29, 0.717) is 24.5 Å². The molecule has 98 valence electrons. The number of hydrogen-bond acceptors (Lipinski definition) is 2. The minimum atomic E-state index is 0.295. The number of aromatic nitrogens is 1. The topological polar surface area (TPSA) is 28.5 Å². The Morgan fingerprint density at radius 3 is 2.67 bits per heavy atom. The Hall–Kier alpha value is -1.29. The third-order valence-corrected chi connectivity index (χ3v) is 4.36. The lowest BCUT2D eigenvalue weighted by Crippen LogP contribution is -2.48. The summed E-state index contributed by atoms with van der Waals surface area (Å²) in [5, 5.41) is 0. The van der Waals surface area contributed by atoms with Crippen LogP contribution >= 0.6 is 0 Å². The van der Waals surface area contributed by atoms with E-state index in [1.54, 1.807) is 0 Å². The van der Waals surface area contributed by atoms with Crippen LogP contribution in [0.25, 0.3) is 0 Å². The molecule has 3 rings (SSSR count). The Morgan fingerprint density at radius 1 is 1.22 bits per heavy atom. The number of piperidine rings is 1. The normalized spacial score (nSPS) is 30.1. The molecule has 2 saturated heterocycles. The van der Waals surface area contributed by atoms with Crippen LogP contribution in [-0.4, -0.2) is 46.6 Å². The van der Waals surface area contributed by atoms with Crippen molar-refractivity contribution in [1.82, 2.24) is 14.4 Å². The van der Waals surface area contributed by atoms with E-state index in [0.717, 1.165) is 19.5 Å². The molecule has 2 aliphatic rings. The molecule has 0 aromatic carbocycles. The van der Waals surface area contributed by atoms with Crippen LogP contribution in [0.5, 0.6) is 0 Å². The lowest BCUT2D eigenvalue weighted by Gasteiger charge is -2.39. The Bertz CT molecular complexity index is 415. The van der Waals surface area contributed by atoms with Crippen molar-refractivity contribution in [2.75, 3.05) is 20.1 Å². The van der Waals surface area contributed by atoms with Crippen molar-refractivity contribution < 1.29 is 4.79 Å². The molecule has 0 aliphatic carbocycles. The first-order chi connectivity index (χ1) is 8.75. The summed E-state index contributed by atoms with van der Waals surface area (Å²) in [4.78, 5) is 16.0. The molecule has 0 radical (unpaired) electrons. The van der Waals surface area contributed by atoms with Crippen molar-refractivity contribution in [3.63, 3.8) is 0 Å². The molecule has 2 fully saturated rings. The first kappa shape index (κ1) is 11.8. The van der Waals surface area contributed by atoms with Gasteiger partial charge >= 0.3 is 0 Å². The first-order valence-corrected chi connectivity index (χ1v) is 6.88. The average molecular weight is 247 g/mol. The van der Waals surface area contributed by atoms with Crippen molar-refractivity contribution in [2.45, 2.75) is 37.9 Å². The van der Waals surface area contributed by atoms with Crippen LogP contribution in [0.1, 0.15) is 31.7 Å². The number of rotatable bonds is 2. The molecule has 1 amide bonds. The summed E-state index contributed by atoms with van der Waals surface area (Å²) < 4.78 is 2.31. The Kier molecular flexibility index (Phi) is 3.12. The summed E-state index contributed by atoms with van der Waals surface area (Å²) in [5.74, 6) is 0.295. The van der Waals surface area contributed by atoms with Gasteiger partial charge in [0.2, 0.25) is 5.91 Å². The second kappa shape index (κ2) is 4.76. The highest BCUT2D eigenvalue weighted by Crippen LogP contribution is 2.28. The van der Waals surface area contributed by atoms with E-state index in [4.69, 9.17) is 0 Å². The molecule has 0 bridgehead atoms. The van der Waals surface area contributed by atoms with E-state index >= 15 is 0 Å². The fraction of sp³-hybridized carbons (Fsp3) is 0.643. The van der Waals surface area contributed by atoms with Crippen LogP contribution < -0.4 is 0 Å². The molecule has 2 atom stereocenters. The lowest BCUT2D eigenvalue weighted by atomic mass is 10.0. The number of hydrogen-bond donors (Lipinski definition) is 0. The molecular formula is C14H21N3O. The number of carbonyl (C=O) groups is 1. The average Bonchev–Trinajstić information content (AvgIpc) is 3.02. The van der Waals surface area contributed by atoms with Crippen LogP contribution in [0.2, 0.25) is 0 Å². The minimum absolute atomic E-state index is 0.295. The summed E-state index contributed by atoms with van der Waals surface area (Å²) >= 11 is 0. The quantitative estimate of drug-likeness (QED) is 0.796. The zero-order valence-corrected chi connectivity index (χ0v) is 11.0. The van der Waals surface area contributed by atoms with E-state index < -0.39 is 0 Å². The van der Waals surface area contributed by atoms with Gasteiger partial charge < -0.3 is 9.47 Å². The molecule has 4 nitrogen and oxygen atoms in total. The van der Waals surface area contributed by atoms with E-state index in [9.17, 15) is 4.79 Å². The summed E-state index contributed by atoms with van der Waals surface area (Å²) in [6.07, 6.45) is 8.81. The Balaban J connectivity index is 1.69. The van der Waals surface area contributed by atoms with Gasteiger partial charge in [-0.2, -0.15) is 0 Å². The van der Waals surface area contributed by atoms with Crippen LogP contribution in [0, 0.1) is 0 Å². The highest BCUT2D eigenvalue weighted by atomic mass is 16.2. The maximum absolute atomic E-state index is 11.6. The maximum Gasteiger partial charge on any atom is 0.223 e. The van der Waals surface area contributed by atoms with Crippen molar-refractivity contribution >= 4 is 5.91 Å². The number of nitrogens with zero attached hydrogens (tertiary/aromatic N) is 3. The van der Waals surface area contributed by atoms with Gasteiger partial charge in [0.25, 0.3) is 0 Å². The molecule has 0 saturated carbocycles. The van der Waals surface area contributed by atoms with Gasteiger partial charge in [0, 0.05) is 45.0 Å². The van der Waals surface area contributed by atoms with Gasteiger partial charge in [-0.3, -0.25) is 9.69 Å². The summed E-state index contributed by atoms with van der Waals surface area (Å²) in [5.41, 5.74) is 0. The second-order valence-corrected chi connectivity index (χ2v) is 5.45. The molecule has 2 unspecified atom stereocenters.